The predicted octanol–water partition coefficient (Wildman–Crippen LogP) is 2.49. The third kappa shape index (κ3) is 4.81. The summed E-state index contributed by atoms with van der Waals surface area (Å²) in [5, 5.41) is 7.03. The van der Waals surface area contributed by atoms with Gasteiger partial charge in [-0.3, -0.25) is 19.1 Å². The van der Waals surface area contributed by atoms with Gasteiger partial charge in [0.25, 0.3) is 5.91 Å². The van der Waals surface area contributed by atoms with Gasteiger partial charge in [0.2, 0.25) is 11.8 Å². The summed E-state index contributed by atoms with van der Waals surface area (Å²) in [6.45, 7) is 2.35. The number of carbonyl (C=O) groups is 3. The molecular weight excluding hydrogens is 413 g/mol. The van der Waals surface area contributed by atoms with Gasteiger partial charge in [0, 0.05) is 69.4 Å². The number of carbonyl (C=O) groups excluding carboxylic acids is 3. The molecule has 3 heterocycles. The van der Waals surface area contributed by atoms with Crippen LogP contribution in [0.1, 0.15) is 53.8 Å². The van der Waals surface area contributed by atoms with E-state index in [1.165, 1.54) is 18.2 Å². The summed E-state index contributed by atoms with van der Waals surface area (Å²) in [7, 11) is 1.77. The molecule has 0 unspecified atom stereocenters. The molecule has 0 aliphatic carbocycles. The van der Waals surface area contributed by atoms with Crippen LogP contribution in [0.4, 0.5) is 10.1 Å². The summed E-state index contributed by atoms with van der Waals surface area (Å²) in [6.07, 6.45) is 4.15. The number of fused-ring (bicyclic) bond motifs is 1. The number of nitrogens with one attached hydrogen (secondary N) is 1. The third-order valence-electron chi connectivity index (χ3n) is 6.15. The Morgan fingerprint density at radius 3 is 2.47 bits per heavy atom. The first-order valence-electron chi connectivity index (χ1n) is 11.1. The molecule has 1 aromatic heterocycles. The summed E-state index contributed by atoms with van der Waals surface area (Å²) < 4.78 is 15.1. The van der Waals surface area contributed by atoms with E-state index < -0.39 is 11.7 Å². The van der Waals surface area contributed by atoms with Crippen molar-refractivity contribution in [2.45, 2.75) is 45.1 Å². The van der Waals surface area contributed by atoms with Crippen LogP contribution in [0, 0.1) is 5.82 Å². The monoisotopic (exact) mass is 441 g/mol. The number of nitrogens with zero attached hydrogens (tertiary/aromatic N) is 4. The molecule has 0 bridgehead atoms. The molecule has 1 aromatic carbocycles. The average Bonchev–Trinajstić information content (AvgIpc) is 3.14. The van der Waals surface area contributed by atoms with Crippen LogP contribution in [0.2, 0.25) is 0 Å². The largest absolute Gasteiger partial charge is 0.343 e. The molecule has 32 heavy (non-hydrogen) atoms. The fourth-order valence-electron chi connectivity index (χ4n) is 4.42. The molecule has 1 fully saturated rings. The lowest BCUT2D eigenvalue weighted by Crippen LogP contribution is -2.39. The number of rotatable bonds is 5. The highest BCUT2D eigenvalue weighted by atomic mass is 19.1. The summed E-state index contributed by atoms with van der Waals surface area (Å²) in [4.78, 5) is 41.5. The number of amides is 3. The van der Waals surface area contributed by atoms with E-state index in [1.807, 2.05) is 4.90 Å². The van der Waals surface area contributed by atoms with Gasteiger partial charge in [0.15, 0.2) is 5.69 Å². The molecule has 0 radical (unpaired) electrons. The summed E-state index contributed by atoms with van der Waals surface area (Å²) >= 11 is 0. The van der Waals surface area contributed by atoms with Gasteiger partial charge in [0.1, 0.15) is 5.82 Å². The Labute approximate surface area is 186 Å². The smallest absolute Gasteiger partial charge is 0.276 e. The minimum absolute atomic E-state index is 0.0345. The van der Waals surface area contributed by atoms with Crippen molar-refractivity contribution < 1.29 is 18.8 Å². The first-order chi connectivity index (χ1) is 15.4. The van der Waals surface area contributed by atoms with Gasteiger partial charge in [0.05, 0.1) is 0 Å². The van der Waals surface area contributed by atoms with E-state index in [4.69, 9.17) is 0 Å². The zero-order valence-electron chi connectivity index (χ0n) is 18.3. The van der Waals surface area contributed by atoms with E-state index in [-0.39, 0.29) is 36.9 Å². The van der Waals surface area contributed by atoms with E-state index in [9.17, 15) is 18.8 Å². The van der Waals surface area contributed by atoms with Gasteiger partial charge in [-0.05, 0) is 37.5 Å². The number of likely N-dealkylation sites (tertiary alicyclic amines) is 1. The van der Waals surface area contributed by atoms with Crippen LogP contribution >= 0.6 is 0 Å². The molecule has 9 heteroatoms. The second-order valence-corrected chi connectivity index (χ2v) is 8.37. The maximum absolute atomic E-state index is 13.4. The molecule has 0 atom stereocenters. The first kappa shape index (κ1) is 22.0. The maximum Gasteiger partial charge on any atom is 0.276 e. The van der Waals surface area contributed by atoms with Crippen molar-refractivity contribution in [2.24, 2.45) is 7.05 Å². The third-order valence-corrected chi connectivity index (χ3v) is 6.15. The molecule has 1 N–H and O–H groups in total. The molecule has 170 valence electrons. The number of halogens is 1. The molecule has 4 rings (SSSR count). The molecule has 3 amide bonds. The second kappa shape index (κ2) is 9.50. The van der Waals surface area contributed by atoms with E-state index in [1.54, 1.807) is 22.7 Å². The van der Waals surface area contributed by atoms with Crippen molar-refractivity contribution in [1.82, 2.24) is 19.6 Å². The van der Waals surface area contributed by atoms with Crippen molar-refractivity contribution in [3.05, 3.63) is 47.0 Å². The average molecular weight is 442 g/mol. The highest BCUT2D eigenvalue weighted by Crippen LogP contribution is 2.24. The predicted molar refractivity (Wildman–Crippen MR) is 116 cm³/mol. The van der Waals surface area contributed by atoms with Crippen molar-refractivity contribution in [2.75, 3.05) is 25.0 Å². The minimum atomic E-state index is -0.443. The highest BCUT2D eigenvalue weighted by Gasteiger charge is 2.29. The van der Waals surface area contributed by atoms with E-state index in [2.05, 4.69) is 10.4 Å². The van der Waals surface area contributed by atoms with Gasteiger partial charge in [-0.25, -0.2) is 4.39 Å². The van der Waals surface area contributed by atoms with Crippen LogP contribution in [-0.2, 0) is 29.6 Å². The number of aromatic nitrogens is 2. The summed E-state index contributed by atoms with van der Waals surface area (Å²) in [5.41, 5.74) is 2.18. The zero-order chi connectivity index (χ0) is 22.7. The van der Waals surface area contributed by atoms with Gasteiger partial charge >= 0.3 is 0 Å². The second-order valence-electron chi connectivity index (χ2n) is 8.37. The lowest BCUT2D eigenvalue weighted by atomic mass is 10.0. The Kier molecular flexibility index (Phi) is 6.53. The Morgan fingerprint density at radius 2 is 1.75 bits per heavy atom. The Balaban J connectivity index is 1.40. The van der Waals surface area contributed by atoms with Crippen molar-refractivity contribution >= 4 is 23.4 Å². The lowest BCUT2D eigenvalue weighted by molar-refractivity contribution is -0.138. The van der Waals surface area contributed by atoms with Crippen molar-refractivity contribution in [3.8, 4) is 0 Å². The SMILES string of the molecule is Cn1nc(C(=O)Nc2cccc(F)c2)c2c1CCN(C(=O)CCC(=O)N1CCCCC1)C2. The van der Waals surface area contributed by atoms with Crippen LogP contribution in [0.15, 0.2) is 24.3 Å². The Morgan fingerprint density at radius 1 is 1.03 bits per heavy atom. The van der Waals surface area contributed by atoms with Gasteiger partial charge in [-0.1, -0.05) is 6.07 Å². The van der Waals surface area contributed by atoms with Crippen LogP contribution < -0.4 is 5.32 Å². The van der Waals surface area contributed by atoms with Gasteiger partial charge < -0.3 is 15.1 Å². The molecule has 2 aliphatic heterocycles. The first-order valence-corrected chi connectivity index (χ1v) is 11.1. The molecule has 1 saturated heterocycles. The summed E-state index contributed by atoms with van der Waals surface area (Å²) in [5.74, 6) is -0.947. The van der Waals surface area contributed by atoms with Gasteiger partial charge in [-0.2, -0.15) is 5.10 Å². The molecule has 8 nitrogen and oxygen atoms in total. The van der Waals surface area contributed by atoms with Crippen LogP contribution in [0.25, 0.3) is 0 Å². The molecule has 2 aromatic rings. The Bertz CT molecular complexity index is 1030. The zero-order valence-corrected chi connectivity index (χ0v) is 18.3. The molecule has 0 spiro atoms. The molecule has 0 saturated carbocycles. The van der Waals surface area contributed by atoms with Crippen LogP contribution in [0.3, 0.4) is 0 Å². The molecule has 2 aliphatic rings. The summed E-state index contributed by atoms with van der Waals surface area (Å²) in [6, 6.07) is 5.66. The van der Waals surface area contributed by atoms with E-state index in [0.717, 1.165) is 38.0 Å². The van der Waals surface area contributed by atoms with E-state index >= 15 is 0 Å². The number of piperidine rings is 1. The van der Waals surface area contributed by atoms with Crippen LogP contribution in [0.5, 0.6) is 0 Å². The lowest BCUT2D eigenvalue weighted by Gasteiger charge is -2.29. The van der Waals surface area contributed by atoms with Crippen molar-refractivity contribution in [3.63, 3.8) is 0 Å². The van der Waals surface area contributed by atoms with Crippen molar-refractivity contribution in [1.29, 1.82) is 0 Å². The maximum atomic E-state index is 13.4. The number of benzene rings is 1. The topological polar surface area (TPSA) is 87.5 Å². The fraction of sp³-hybridized carbons (Fsp3) is 0.478. The standard InChI is InChI=1S/C23H28FN5O3/c1-27-19-10-13-29(21(31)9-8-20(30)28-11-3-2-4-12-28)15-18(19)22(26-27)23(32)25-17-7-5-6-16(24)14-17/h5-7,14H,2-4,8-13,15H2,1H3,(H,25,32). The normalized spacial score (nSPS) is 15.9. The number of anilines is 1. The quantitative estimate of drug-likeness (QED) is 0.772. The number of hydrogen-bond donors (Lipinski definition) is 1. The number of aryl methyl sites for hydroxylation is 1. The van der Waals surface area contributed by atoms with Crippen LogP contribution in [-0.4, -0.2) is 56.9 Å². The van der Waals surface area contributed by atoms with E-state index in [0.29, 0.717) is 24.2 Å². The fourth-order valence-corrected chi connectivity index (χ4v) is 4.42. The Hall–Kier alpha value is -3.23. The molecular formula is C23H28FN5O3. The highest BCUT2D eigenvalue weighted by molar-refractivity contribution is 6.04. The minimum Gasteiger partial charge on any atom is -0.343 e. The van der Waals surface area contributed by atoms with Gasteiger partial charge in [-0.15, -0.1) is 0 Å². The number of hydrogen-bond acceptors (Lipinski definition) is 4.